The van der Waals surface area contributed by atoms with Gasteiger partial charge in [0.25, 0.3) is 5.56 Å². The maximum atomic E-state index is 11.8. The van der Waals surface area contributed by atoms with Crippen LogP contribution in [0.3, 0.4) is 0 Å². The number of hydrogen-bond donors (Lipinski definition) is 2. The molecule has 0 aliphatic heterocycles. The summed E-state index contributed by atoms with van der Waals surface area (Å²) in [6.07, 6.45) is 0.653. The second kappa shape index (κ2) is 4.59. The van der Waals surface area contributed by atoms with Crippen molar-refractivity contribution in [2.45, 2.75) is 13.3 Å². The molecule has 1 aromatic heterocycles. The molecular weight excluding hydrogens is 173 g/mol. The Morgan fingerprint density at radius 3 is 3.08 bits per heavy atom. The first-order valence-corrected chi connectivity index (χ1v) is 4.16. The SMILES string of the molecule is CCc1nc(NCCF)cc(=O)[nH]1. The van der Waals surface area contributed by atoms with Crippen molar-refractivity contribution in [2.75, 3.05) is 18.5 Å². The molecule has 0 amide bonds. The lowest BCUT2D eigenvalue weighted by Crippen LogP contribution is -2.14. The molecule has 0 unspecified atom stereocenters. The molecule has 13 heavy (non-hydrogen) atoms. The normalized spacial score (nSPS) is 10.0. The highest BCUT2D eigenvalue weighted by Gasteiger charge is 1.97. The van der Waals surface area contributed by atoms with Gasteiger partial charge in [-0.15, -0.1) is 0 Å². The standard InChI is InChI=1S/C8H12FN3O/c1-2-6-11-7(10-4-3-9)5-8(13)12-6/h5H,2-4H2,1H3,(H2,10,11,12,13). The Morgan fingerprint density at radius 2 is 2.46 bits per heavy atom. The summed E-state index contributed by atoms with van der Waals surface area (Å²) in [5, 5.41) is 2.70. The Labute approximate surface area is 75.2 Å². The molecule has 0 saturated carbocycles. The van der Waals surface area contributed by atoms with Crippen LogP contribution in [0.5, 0.6) is 0 Å². The van der Waals surface area contributed by atoms with Gasteiger partial charge in [-0.1, -0.05) is 6.92 Å². The van der Waals surface area contributed by atoms with E-state index >= 15 is 0 Å². The van der Waals surface area contributed by atoms with E-state index in [2.05, 4.69) is 15.3 Å². The molecule has 0 aliphatic rings. The quantitative estimate of drug-likeness (QED) is 0.726. The van der Waals surface area contributed by atoms with Crippen LogP contribution >= 0.6 is 0 Å². The average molecular weight is 185 g/mol. The fraction of sp³-hybridized carbons (Fsp3) is 0.500. The molecule has 0 aliphatic carbocycles. The molecule has 0 aromatic carbocycles. The number of H-pyrrole nitrogens is 1. The number of nitrogens with one attached hydrogen (secondary N) is 2. The Balaban J connectivity index is 2.82. The highest BCUT2D eigenvalue weighted by atomic mass is 19.1. The monoisotopic (exact) mass is 185 g/mol. The first-order chi connectivity index (χ1) is 6.26. The van der Waals surface area contributed by atoms with E-state index in [0.717, 1.165) is 0 Å². The fourth-order valence-corrected chi connectivity index (χ4v) is 0.941. The van der Waals surface area contributed by atoms with Crippen LogP contribution in [0, 0.1) is 0 Å². The predicted octanol–water partition coefficient (Wildman–Crippen LogP) is 0.714. The van der Waals surface area contributed by atoms with E-state index in [4.69, 9.17) is 0 Å². The van der Waals surface area contributed by atoms with E-state index in [9.17, 15) is 9.18 Å². The van der Waals surface area contributed by atoms with Gasteiger partial charge >= 0.3 is 0 Å². The van der Waals surface area contributed by atoms with Crippen molar-refractivity contribution in [3.05, 3.63) is 22.2 Å². The van der Waals surface area contributed by atoms with E-state index in [1.807, 2.05) is 6.92 Å². The summed E-state index contributed by atoms with van der Waals surface area (Å²) in [5.74, 6) is 1.03. The molecule has 1 aromatic rings. The molecule has 2 N–H and O–H groups in total. The van der Waals surface area contributed by atoms with Crippen LogP contribution in [0.1, 0.15) is 12.7 Å². The van der Waals surface area contributed by atoms with E-state index in [-0.39, 0.29) is 12.1 Å². The molecule has 72 valence electrons. The largest absolute Gasteiger partial charge is 0.367 e. The smallest absolute Gasteiger partial charge is 0.252 e. The molecule has 5 heteroatoms. The molecular formula is C8H12FN3O. The van der Waals surface area contributed by atoms with Crippen molar-refractivity contribution in [3.8, 4) is 0 Å². The lowest BCUT2D eigenvalue weighted by Gasteiger charge is -2.03. The van der Waals surface area contributed by atoms with E-state index in [0.29, 0.717) is 18.1 Å². The van der Waals surface area contributed by atoms with Crippen LogP contribution in [0.2, 0.25) is 0 Å². The van der Waals surface area contributed by atoms with Crippen LogP contribution < -0.4 is 10.9 Å². The van der Waals surface area contributed by atoms with Crippen LogP contribution in [0.25, 0.3) is 0 Å². The lowest BCUT2D eigenvalue weighted by atomic mass is 10.4. The number of aromatic amines is 1. The first kappa shape index (κ1) is 9.70. The van der Waals surface area contributed by atoms with Crippen molar-refractivity contribution < 1.29 is 4.39 Å². The number of rotatable bonds is 4. The van der Waals surface area contributed by atoms with Crippen molar-refractivity contribution in [1.82, 2.24) is 9.97 Å². The Bertz CT molecular complexity index is 323. The summed E-state index contributed by atoms with van der Waals surface area (Å²) in [6, 6.07) is 1.31. The van der Waals surface area contributed by atoms with Crippen molar-refractivity contribution in [3.63, 3.8) is 0 Å². The molecule has 0 radical (unpaired) electrons. The second-order valence-corrected chi connectivity index (χ2v) is 2.55. The summed E-state index contributed by atoms with van der Waals surface area (Å²) in [6.45, 7) is 1.59. The van der Waals surface area contributed by atoms with Gasteiger partial charge in [0.1, 0.15) is 18.3 Å². The number of alkyl halides is 1. The zero-order chi connectivity index (χ0) is 9.68. The van der Waals surface area contributed by atoms with E-state index in [1.54, 1.807) is 0 Å². The summed E-state index contributed by atoms with van der Waals surface area (Å²) >= 11 is 0. The zero-order valence-corrected chi connectivity index (χ0v) is 7.43. The number of anilines is 1. The van der Waals surface area contributed by atoms with Gasteiger partial charge in [0.15, 0.2) is 0 Å². The van der Waals surface area contributed by atoms with Crippen LogP contribution in [0.4, 0.5) is 10.2 Å². The highest BCUT2D eigenvalue weighted by Crippen LogP contribution is 1.98. The highest BCUT2D eigenvalue weighted by molar-refractivity contribution is 5.32. The van der Waals surface area contributed by atoms with Crippen LogP contribution in [-0.2, 0) is 6.42 Å². The molecule has 0 bridgehead atoms. The summed E-state index contributed by atoms with van der Waals surface area (Å²) in [7, 11) is 0. The van der Waals surface area contributed by atoms with Gasteiger partial charge in [0.05, 0.1) is 0 Å². The molecule has 0 atom stereocenters. The Hall–Kier alpha value is -1.39. The third kappa shape index (κ3) is 2.85. The van der Waals surface area contributed by atoms with Gasteiger partial charge in [0, 0.05) is 19.0 Å². The Morgan fingerprint density at radius 1 is 1.69 bits per heavy atom. The van der Waals surface area contributed by atoms with Gasteiger partial charge in [-0.05, 0) is 0 Å². The number of halogens is 1. The fourth-order valence-electron chi connectivity index (χ4n) is 0.941. The maximum absolute atomic E-state index is 11.8. The molecule has 1 rings (SSSR count). The molecule has 4 nitrogen and oxygen atoms in total. The maximum Gasteiger partial charge on any atom is 0.252 e. The van der Waals surface area contributed by atoms with Gasteiger partial charge in [-0.25, -0.2) is 9.37 Å². The molecule has 0 fully saturated rings. The summed E-state index contributed by atoms with van der Waals surface area (Å²) < 4.78 is 11.8. The summed E-state index contributed by atoms with van der Waals surface area (Å²) in [4.78, 5) is 17.6. The topological polar surface area (TPSA) is 57.8 Å². The van der Waals surface area contributed by atoms with Crippen molar-refractivity contribution in [1.29, 1.82) is 0 Å². The van der Waals surface area contributed by atoms with E-state index < -0.39 is 6.67 Å². The second-order valence-electron chi connectivity index (χ2n) is 2.55. The van der Waals surface area contributed by atoms with Gasteiger partial charge in [0.2, 0.25) is 0 Å². The third-order valence-corrected chi connectivity index (χ3v) is 1.53. The molecule has 0 saturated heterocycles. The molecule has 1 heterocycles. The Kier molecular flexibility index (Phi) is 3.42. The predicted molar refractivity (Wildman–Crippen MR) is 48.7 cm³/mol. The van der Waals surface area contributed by atoms with Crippen molar-refractivity contribution in [2.24, 2.45) is 0 Å². The third-order valence-electron chi connectivity index (χ3n) is 1.53. The average Bonchev–Trinajstić information content (AvgIpc) is 2.14. The van der Waals surface area contributed by atoms with Gasteiger partial charge in [-0.3, -0.25) is 4.79 Å². The zero-order valence-electron chi connectivity index (χ0n) is 7.43. The molecule has 0 spiro atoms. The number of aryl methyl sites for hydroxylation is 1. The van der Waals surface area contributed by atoms with Gasteiger partial charge in [-0.2, -0.15) is 0 Å². The summed E-state index contributed by atoms with van der Waals surface area (Å²) in [5.41, 5.74) is -0.215. The number of nitrogens with zero attached hydrogens (tertiary/aromatic N) is 1. The number of aromatic nitrogens is 2. The van der Waals surface area contributed by atoms with Gasteiger partial charge < -0.3 is 10.3 Å². The van der Waals surface area contributed by atoms with E-state index in [1.165, 1.54) is 6.07 Å². The first-order valence-electron chi connectivity index (χ1n) is 4.16. The lowest BCUT2D eigenvalue weighted by molar-refractivity contribution is 0.512. The minimum Gasteiger partial charge on any atom is -0.367 e. The minimum atomic E-state index is -0.476. The van der Waals surface area contributed by atoms with Crippen LogP contribution in [0.15, 0.2) is 10.9 Å². The minimum absolute atomic E-state index is 0.180. The number of hydrogen-bond acceptors (Lipinski definition) is 3. The van der Waals surface area contributed by atoms with Crippen molar-refractivity contribution >= 4 is 5.82 Å². The van der Waals surface area contributed by atoms with Crippen LogP contribution in [-0.4, -0.2) is 23.2 Å².